The molecular weight excluding hydrogens is 364 g/mol. The molecule has 154 valence electrons. The van der Waals surface area contributed by atoms with Crippen molar-refractivity contribution in [3.05, 3.63) is 52.9 Å². The highest BCUT2D eigenvalue weighted by Gasteiger charge is 2.14. The van der Waals surface area contributed by atoms with Gasteiger partial charge in [0.25, 0.3) is 5.91 Å². The van der Waals surface area contributed by atoms with E-state index in [1.165, 1.54) is 0 Å². The first-order valence-electron chi connectivity index (χ1n) is 9.90. The number of ether oxygens (including phenoxy) is 1. The Morgan fingerprint density at radius 2 is 1.90 bits per heavy atom. The largest absolute Gasteiger partial charge is 0.497 e. The number of methoxy groups -OCH3 is 1. The molecule has 6 nitrogen and oxygen atoms in total. The van der Waals surface area contributed by atoms with Crippen LogP contribution in [0.1, 0.15) is 30.8 Å². The van der Waals surface area contributed by atoms with Gasteiger partial charge >= 0.3 is 0 Å². The van der Waals surface area contributed by atoms with Gasteiger partial charge in [-0.2, -0.15) is 5.26 Å². The average Bonchev–Trinajstić information content (AvgIpc) is 3.02. The quantitative estimate of drug-likeness (QED) is 0.522. The number of carbonyl (C=O) groups is 1. The SMILES string of the molecule is CCN(CC)CCNC(=O)C(C#N)=Cc1cc(C)n(-c2ccc(OC)cc2)c1C. The van der Waals surface area contributed by atoms with E-state index in [0.29, 0.717) is 6.54 Å². The highest BCUT2D eigenvalue weighted by atomic mass is 16.5. The average molecular weight is 395 g/mol. The highest BCUT2D eigenvalue weighted by Crippen LogP contribution is 2.24. The standard InChI is InChI=1S/C23H30N4O2/c1-6-26(7-2)13-12-25-23(28)20(16-24)15-19-14-17(3)27(18(19)4)21-8-10-22(29-5)11-9-21/h8-11,14-15H,6-7,12-13H2,1-5H3,(H,25,28). The van der Waals surface area contributed by atoms with Gasteiger partial charge in [0, 0.05) is 30.2 Å². The first-order valence-corrected chi connectivity index (χ1v) is 9.90. The van der Waals surface area contributed by atoms with Gasteiger partial charge in [-0.25, -0.2) is 0 Å². The Hall–Kier alpha value is -3.04. The smallest absolute Gasteiger partial charge is 0.261 e. The number of aromatic nitrogens is 1. The van der Waals surface area contributed by atoms with Gasteiger partial charge < -0.3 is 19.5 Å². The molecule has 1 heterocycles. The maximum Gasteiger partial charge on any atom is 0.261 e. The van der Waals surface area contributed by atoms with Crippen LogP contribution in [0.25, 0.3) is 11.8 Å². The van der Waals surface area contributed by atoms with Crippen molar-refractivity contribution in [2.24, 2.45) is 0 Å². The first kappa shape index (κ1) is 22.3. The summed E-state index contributed by atoms with van der Waals surface area (Å²) in [4.78, 5) is 14.7. The van der Waals surface area contributed by atoms with Crippen LogP contribution in [-0.2, 0) is 4.79 Å². The van der Waals surface area contributed by atoms with Gasteiger partial charge in [0.15, 0.2) is 0 Å². The minimum Gasteiger partial charge on any atom is -0.497 e. The fraction of sp³-hybridized carbons (Fsp3) is 0.391. The Morgan fingerprint density at radius 3 is 2.45 bits per heavy atom. The predicted molar refractivity (Wildman–Crippen MR) is 116 cm³/mol. The maximum absolute atomic E-state index is 12.4. The Labute approximate surface area is 173 Å². The lowest BCUT2D eigenvalue weighted by molar-refractivity contribution is -0.117. The lowest BCUT2D eigenvalue weighted by Crippen LogP contribution is -2.35. The molecule has 0 bridgehead atoms. The Bertz CT molecular complexity index is 900. The maximum atomic E-state index is 12.4. The molecule has 0 unspecified atom stereocenters. The van der Waals surface area contributed by atoms with E-state index in [9.17, 15) is 10.1 Å². The molecule has 0 aliphatic carbocycles. The van der Waals surface area contributed by atoms with E-state index in [2.05, 4.69) is 28.6 Å². The summed E-state index contributed by atoms with van der Waals surface area (Å²) in [5.74, 6) is 0.457. The minimum atomic E-state index is -0.339. The van der Waals surface area contributed by atoms with Gasteiger partial charge in [0.2, 0.25) is 0 Å². The second-order valence-electron chi connectivity index (χ2n) is 6.81. The van der Waals surface area contributed by atoms with E-state index in [-0.39, 0.29) is 11.5 Å². The van der Waals surface area contributed by atoms with E-state index < -0.39 is 0 Å². The lowest BCUT2D eigenvalue weighted by Gasteiger charge is -2.17. The van der Waals surface area contributed by atoms with Crippen LogP contribution < -0.4 is 10.1 Å². The molecule has 0 aliphatic rings. The van der Waals surface area contributed by atoms with Crippen LogP contribution in [0.2, 0.25) is 0 Å². The van der Waals surface area contributed by atoms with Crippen molar-refractivity contribution in [2.75, 3.05) is 33.3 Å². The van der Waals surface area contributed by atoms with Crippen LogP contribution >= 0.6 is 0 Å². The normalized spacial score (nSPS) is 11.4. The van der Waals surface area contributed by atoms with E-state index in [4.69, 9.17) is 4.74 Å². The van der Waals surface area contributed by atoms with E-state index in [1.54, 1.807) is 13.2 Å². The van der Waals surface area contributed by atoms with Crippen molar-refractivity contribution in [3.63, 3.8) is 0 Å². The molecule has 0 spiro atoms. The van der Waals surface area contributed by atoms with Gasteiger partial charge in [-0.15, -0.1) is 0 Å². The zero-order chi connectivity index (χ0) is 21.4. The molecule has 1 N–H and O–H groups in total. The van der Waals surface area contributed by atoms with Crippen molar-refractivity contribution in [1.82, 2.24) is 14.8 Å². The first-order chi connectivity index (χ1) is 13.9. The molecule has 29 heavy (non-hydrogen) atoms. The van der Waals surface area contributed by atoms with Crippen LogP contribution in [0.15, 0.2) is 35.9 Å². The third-order valence-electron chi connectivity index (χ3n) is 5.07. The van der Waals surface area contributed by atoms with Crippen molar-refractivity contribution >= 4 is 12.0 Å². The van der Waals surface area contributed by atoms with Crippen molar-refractivity contribution in [1.29, 1.82) is 5.26 Å². The third kappa shape index (κ3) is 5.49. The number of aryl methyl sites for hydroxylation is 1. The predicted octanol–water partition coefficient (Wildman–Crippen LogP) is 3.47. The lowest BCUT2D eigenvalue weighted by atomic mass is 10.1. The summed E-state index contributed by atoms with van der Waals surface area (Å²) in [6, 6.07) is 11.8. The number of rotatable bonds is 9. The summed E-state index contributed by atoms with van der Waals surface area (Å²) in [7, 11) is 1.64. The fourth-order valence-corrected chi connectivity index (χ4v) is 3.33. The van der Waals surface area contributed by atoms with Crippen molar-refractivity contribution in [3.8, 4) is 17.5 Å². The molecule has 0 aliphatic heterocycles. The summed E-state index contributed by atoms with van der Waals surface area (Å²) in [6.45, 7) is 11.3. The molecule has 0 radical (unpaired) electrons. The molecule has 6 heteroatoms. The van der Waals surface area contributed by atoms with Crippen LogP contribution in [0.4, 0.5) is 0 Å². The van der Waals surface area contributed by atoms with E-state index in [0.717, 1.165) is 48.0 Å². The van der Waals surface area contributed by atoms with Crippen LogP contribution in [0, 0.1) is 25.2 Å². The number of amides is 1. The Balaban J connectivity index is 2.21. The van der Waals surface area contributed by atoms with Crippen molar-refractivity contribution < 1.29 is 9.53 Å². The summed E-state index contributed by atoms with van der Waals surface area (Å²) >= 11 is 0. The number of carbonyl (C=O) groups excluding carboxylic acids is 1. The third-order valence-corrected chi connectivity index (χ3v) is 5.07. The zero-order valence-electron chi connectivity index (χ0n) is 18.0. The van der Waals surface area contributed by atoms with Gasteiger partial charge in [-0.05, 0) is 68.9 Å². The number of benzene rings is 1. The number of hydrogen-bond acceptors (Lipinski definition) is 4. The minimum absolute atomic E-state index is 0.111. The monoisotopic (exact) mass is 394 g/mol. The van der Waals surface area contributed by atoms with Crippen LogP contribution in [0.3, 0.4) is 0 Å². The molecule has 0 saturated heterocycles. The van der Waals surface area contributed by atoms with Gasteiger partial charge in [-0.1, -0.05) is 13.8 Å². The number of nitriles is 1. The number of nitrogens with one attached hydrogen (secondary N) is 1. The molecule has 1 amide bonds. The summed E-state index contributed by atoms with van der Waals surface area (Å²) in [5, 5.41) is 12.3. The van der Waals surface area contributed by atoms with Crippen LogP contribution in [-0.4, -0.2) is 48.7 Å². The molecule has 1 aromatic heterocycles. The van der Waals surface area contributed by atoms with Gasteiger partial charge in [-0.3, -0.25) is 4.79 Å². The number of likely N-dealkylation sites (N-methyl/N-ethyl adjacent to an activating group) is 1. The van der Waals surface area contributed by atoms with E-state index >= 15 is 0 Å². The molecular formula is C23H30N4O2. The molecule has 2 rings (SSSR count). The summed E-state index contributed by atoms with van der Waals surface area (Å²) in [5.41, 5.74) is 3.96. The molecule has 0 saturated carbocycles. The number of nitrogens with zero attached hydrogens (tertiary/aromatic N) is 3. The summed E-state index contributed by atoms with van der Waals surface area (Å²) < 4.78 is 7.32. The van der Waals surface area contributed by atoms with Gasteiger partial charge in [0.05, 0.1) is 7.11 Å². The van der Waals surface area contributed by atoms with E-state index in [1.807, 2.05) is 50.2 Å². The second kappa shape index (κ2) is 10.5. The number of hydrogen-bond donors (Lipinski definition) is 1. The molecule has 1 aromatic carbocycles. The van der Waals surface area contributed by atoms with Crippen LogP contribution in [0.5, 0.6) is 5.75 Å². The zero-order valence-corrected chi connectivity index (χ0v) is 18.0. The second-order valence-corrected chi connectivity index (χ2v) is 6.81. The van der Waals surface area contributed by atoms with Gasteiger partial charge in [0.1, 0.15) is 17.4 Å². The molecule has 0 fully saturated rings. The highest BCUT2D eigenvalue weighted by molar-refractivity contribution is 6.01. The topological polar surface area (TPSA) is 70.3 Å². The molecule has 2 aromatic rings. The Morgan fingerprint density at radius 1 is 1.24 bits per heavy atom. The molecule has 0 atom stereocenters. The summed E-state index contributed by atoms with van der Waals surface area (Å²) in [6.07, 6.45) is 1.66. The fourth-order valence-electron chi connectivity index (χ4n) is 3.33. The van der Waals surface area contributed by atoms with Crippen molar-refractivity contribution in [2.45, 2.75) is 27.7 Å². The Kier molecular flexibility index (Phi) is 8.05.